The molecule has 0 spiro atoms. The third-order valence-corrected chi connectivity index (χ3v) is 4.08. The zero-order chi connectivity index (χ0) is 14.5. The highest BCUT2D eigenvalue weighted by molar-refractivity contribution is 5.76. The number of nitrogens with two attached hydrogens (primary N) is 1. The van der Waals surface area contributed by atoms with Crippen molar-refractivity contribution in [2.24, 2.45) is 17.6 Å². The van der Waals surface area contributed by atoms with Gasteiger partial charge in [-0.15, -0.1) is 0 Å². The van der Waals surface area contributed by atoms with Crippen molar-refractivity contribution >= 4 is 5.91 Å². The van der Waals surface area contributed by atoms with Crippen LogP contribution >= 0.6 is 0 Å². The van der Waals surface area contributed by atoms with Gasteiger partial charge < -0.3 is 10.6 Å². The highest BCUT2D eigenvalue weighted by Gasteiger charge is 2.22. The number of hydrogen-bond acceptors (Lipinski definition) is 2. The van der Waals surface area contributed by atoms with Crippen molar-refractivity contribution in [1.82, 2.24) is 4.90 Å². The average molecular weight is 274 g/mol. The summed E-state index contributed by atoms with van der Waals surface area (Å²) in [5.74, 6) is 1.17. The van der Waals surface area contributed by atoms with Crippen molar-refractivity contribution in [3.8, 4) is 0 Å². The molecular formula is C17H26N2O. The summed E-state index contributed by atoms with van der Waals surface area (Å²) < 4.78 is 0. The molecule has 0 bridgehead atoms. The van der Waals surface area contributed by atoms with Crippen molar-refractivity contribution in [3.63, 3.8) is 0 Å². The molecule has 1 amide bonds. The van der Waals surface area contributed by atoms with Crippen LogP contribution in [-0.2, 0) is 17.8 Å². The van der Waals surface area contributed by atoms with Crippen LogP contribution in [0.5, 0.6) is 0 Å². The van der Waals surface area contributed by atoms with Gasteiger partial charge >= 0.3 is 0 Å². The molecule has 1 aromatic rings. The number of amides is 1. The minimum absolute atomic E-state index is 0.260. The number of nitrogens with zero attached hydrogens (tertiary/aromatic N) is 1. The van der Waals surface area contributed by atoms with Crippen LogP contribution in [0.2, 0.25) is 0 Å². The fourth-order valence-electron chi connectivity index (χ4n) is 3.01. The third-order valence-electron chi connectivity index (χ3n) is 4.08. The Morgan fingerprint density at radius 3 is 2.65 bits per heavy atom. The largest absolute Gasteiger partial charge is 0.338 e. The second kappa shape index (κ2) is 6.89. The summed E-state index contributed by atoms with van der Waals surface area (Å²) in [5.41, 5.74) is 8.48. The summed E-state index contributed by atoms with van der Waals surface area (Å²) in [4.78, 5) is 14.4. The summed E-state index contributed by atoms with van der Waals surface area (Å²) in [7, 11) is 0. The molecule has 0 saturated heterocycles. The van der Waals surface area contributed by atoms with Crippen LogP contribution in [-0.4, -0.2) is 23.9 Å². The van der Waals surface area contributed by atoms with Gasteiger partial charge in [-0.1, -0.05) is 38.1 Å². The highest BCUT2D eigenvalue weighted by Crippen LogP contribution is 2.21. The smallest absolute Gasteiger partial charge is 0.223 e. The summed E-state index contributed by atoms with van der Waals surface area (Å²) >= 11 is 0. The number of fused-ring (bicyclic) bond motifs is 1. The van der Waals surface area contributed by atoms with E-state index in [1.54, 1.807) is 0 Å². The number of carbonyl (C=O) groups is 1. The first-order valence-electron chi connectivity index (χ1n) is 7.64. The van der Waals surface area contributed by atoms with Gasteiger partial charge in [-0.25, -0.2) is 0 Å². The van der Waals surface area contributed by atoms with Crippen molar-refractivity contribution in [3.05, 3.63) is 35.4 Å². The molecule has 0 radical (unpaired) electrons. The number of rotatable bonds is 5. The van der Waals surface area contributed by atoms with E-state index in [1.165, 1.54) is 11.1 Å². The summed E-state index contributed by atoms with van der Waals surface area (Å²) in [6, 6.07) is 8.42. The fourth-order valence-corrected chi connectivity index (χ4v) is 3.01. The molecular weight excluding hydrogens is 248 g/mol. The number of hydrogen-bond donors (Lipinski definition) is 1. The Morgan fingerprint density at radius 2 is 2.00 bits per heavy atom. The van der Waals surface area contributed by atoms with Gasteiger partial charge in [-0.05, 0) is 42.3 Å². The van der Waals surface area contributed by atoms with Crippen LogP contribution in [0.15, 0.2) is 24.3 Å². The molecule has 1 heterocycles. The van der Waals surface area contributed by atoms with E-state index in [1.807, 2.05) is 11.0 Å². The van der Waals surface area contributed by atoms with E-state index in [-0.39, 0.29) is 5.91 Å². The lowest BCUT2D eigenvalue weighted by atomic mass is 9.93. The molecule has 1 unspecified atom stereocenters. The monoisotopic (exact) mass is 274 g/mol. The maximum absolute atomic E-state index is 12.4. The van der Waals surface area contributed by atoms with Crippen LogP contribution < -0.4 is 5.73 Å². The standard InChI is InChI=1S/C17H26N2O/c1-13(2)9-14(11-18)10-17(20)19-8-7-15-5-3-4-6-16(15)12-19/h3-6,13-14H,7-12,18H2,1-2H3. The maximum Gasteiger partial charge on any atom is 0.223 e. The molecule has 0 aromatic heterocycles. The van der Waals surface area contributed by atoms with Crippen molar-refractivity contribution in [2.45, 2.75) is 39.7 Å². The Hall–Kier alpha value is -1.35. The fraction of sp³-hybridized carbons (Fsp3) is 0.588. The molecule has 0 saturated carbocycles. The van der Waals surface area contributed by atoms with Crippen LogP contribution in [0, 0.1) is 11.8 Å². The lowest BCUT2D eigenvalue weighted by molar-refractivity contribution is -0.133. The van der Waals surface area contributed by atoms with Crippen LogP contribution in [0.4, 0.5) is 0 Å². The van der Waals surface area contributed by atoms with Crippen molar-refractivity contribution in [1.29, 1.82) is 0 Å². The topological polar surface area (TPSA) is 46.3 Å². The normalized spacial score (nSPS) is 16.1. The van der Waals surface area contributed by atoms with Gasteiger partial charge in [0.2, 0.25) is 5.91 Å². The predicted octanol–water partition coefficient (Wildman–Crippen LogP) is 2.58. The molecule has 1 atom stereocenters. The van der Waals surface area contributed by atoms with Crippen LogP contribution in [0.25, 0.3) is 0 Å². The lowest BCUT2D eigenvalue weighted by Gasteiger charge is -2.30. The second-order valence-corrected chi connectivity index (χ2v) is 6.27. The second-order valence-electron chi connectivity index (χ2n) is 6.27. The SMILES string of the molecule is CC(C)CC(CN)CC(=O)N1CCc2ccccc2C1. The van der Waals surface area contributed by atoms with E-state index < -0.39 is 0 Å². The van der Waals surface area contributed by atoms with Gasteiger partial charge in [0.05, 0.1) is 0 Å². The van der Waals surface area contributed by atoms with Crippen LogP contribution in [0.3, 0.4) is 0 Å². The first-order valence-corrected chi connectivity index (χ1v) is 7.64. The highest BCUT2D eigenvalue weighted by atomic mass is 16.2. The minimum Gasteiger partial charge on any atom is -0.338 e. The van der Waals surface area contributed by atoms with E-state index in [0.29, 0.717) is 24.8 Å². The van der Waals surface area contributed by atoms with Gasteiger partial charge in [-0.3, -0.25) is 4.79 Å². The Bertz CT molecular complexity index is 456. The zero-order valence-electron chi connectivity index (χ0n) is 12.6. The minimum atomic E-state index is 0.260. The van der Waals surface area contributed by atoms with Gasteiger partial charge in [-0.2, -0.15) is 0 Å². The Kier molecular flexibility index (Phi) is 5.18. The molecule has 0 aliphatic carbocycles. The van der Waals surface area contributed by atoms with Crippen LogP contribution in [0.1, 0.15) is 37.8 Å². The van der Waals surface area contributed by atoms with E-state index >= 15 is 0 Å². The van der Waals surface area contributed by atoms with Gasteiger partial charge in [0, 0.05) is 19.5 Å². The van der Waals surface area contributed by atoms with Gasteiger partial charge in [0.25, 0.3) is 0 Å². The molecule has 0 fully saturated rings. The quantitative estimate of drug-likeness (QED) is 0.897. The molecule has 2 N–H and O–H groups in total. The van der Waals surface area contributed by atoms with Crippen molar-refractivity contribution < 1.29 is 4.79 Å². The summed E-state index contributed by atoms with van der Waals surface area (Å²) in [5, 5.41) is 0. The Morgan fingerprint density at radius 1 is 1.30 bits per heavy atom. The predicted molar refractivity (Wildman–Crippen MR) is 82.2 cm³/mol. The molecule has 3 nitrogen and oxygen atoms in total. The molecule has 2 rings (SSSR count). The first-order chi connectivity index (χ1) is 9.60. The summed E-state index contributed by atoms with van der Waals surface area (Å²) in [6.07, 6.45) is 2.60. The number of carbonyl (C=O) groups excluding carboxylic acids is 1. The Labute approximate surface area is 122 Å². The third kappa shape index (κ3) is 3.83. The van der Waals surface area contributed by atoms with Gasteiger partial charge in [0.1, 0.15) is 0 Å². The van der Waals surface area contributed by atoms with E-state index in [2.05, 4.69) is 32.0 Å². The molecule has 1 aliphatic heterocycles. The number of benzene rings is 1. The van der Waals surface area contributed by atoms with Gasteiger partial charge in [0.15, 0.2) is 0 Å². The molecule has 1 aromatic carbocycles. The summed E-state index contributed by atoms with van der Waals surface area (Å²) in [6.45, 7) is 6.58. The van der Waals surface area contributed by atoms with E-state index in [9.17, 15) is 4.79 Å². The molecule has 3 heteroatoms. The van der Waals surface area contributed by atoms with E-state index in [0.717, 1.165) is 25.9 Å². The van der Waals surface area contributed by atoms with Crippen molar-refractivity contribution in [2.75, 3.05) is 13.1 Å². The molecule has 110 valence electrons. The zero-order valence-corrected chi connectivity index (χ0v) is 12.6. The Balaban J connectivity index is 1.94. The average Bonchev–Trinajstić information content (AvgIpc) is 2.45. The first kappa shape index (κ1) is 15.0. The molecule has 1 aliphatic rings. The lowest BCUT2D eigenvalue weighted by Crippen LogP contribution is -2.37. The maximum atomic E-state index is 12.4. The molecule has 20 heavy (non-hydrogen) atoms. The van der Waals surface area contributed by atoms with E-state index in [4.69, 9.17) is 5.73 Å².